The summed E-state index contributed by atoms with van der Waals surface area (Å²) in [4.78, 5) is 12.9. The third-order valence-corrected chi connectivity index (χ3v) is 1.88. The van der Waals surface area contributed by atoms with E-state index in [0.717, 1.165) is 12.3 Å². The van der Waals surface area contributed by atoms with Crippen molar-refractivity contribution < 1.29 is 13.7 Å². The normalized spacial score (nSPS) is 10.6. The molecule has 0 atom stereocenters. The second kappa shape index (κ2) is 4.28. The van der Waals surface area contributed by atoms with Gasteiger partial charge >= 0.3 is 5.82 Å². The molecule has 0 radical (unpaired) electrons. The van der Waals surface area contributed by atoms with Crippen LogP contribution in [-0.2, 0) is 5.88 Å². The molecule has 0 aromatic carbocycles. The van der Waals surface area contributed by atoms with Crippen LogP contribution >= 0.6 is 11.6 Å². The zero-order valence-corrected chi connectivity index (χ0v) is 7.54. The first-order valence-electron chi connectivity index (χ1n) is 3.54. The summed E-state index contributed by atoms with van der Waals surface area (Å²) < 4.78 is 24.7. The molecule has 0 amide bonds. The summed E-state index contributed by atoms with van der Waals surface area (Å²) >= 11 is 5.35. The fraction of sp³-hybridized carbons (Fsp3) is 0.286. The van der Waals surface area contributed by atoms with E-state index in [4.69, 9.17) is 11.6 Å². The zero-order chi connectivity index (χ0) is 10.7. The molecule has 1 rings (SSSR count). The average molecular weight is 223 g/mol. The number of hydrogen-bond acceptors (Lipinski definition) is 3. The Morgan fingerprint density at radius 2 is 2.29 bits per heavy atom. The molecule has 0 aliphatic carbocycles. The first-order valence-corrected chi connectivity index (χ1v) is 4.07. The molecule has 0 saturated heterocycles. The van der Waals surface area contributed by atoms with Gasteiger partial charge < -0.3 is 10.1 Å². The minimum atomic E-state index is -2.79. The molecule has 0 saturated carbocycles. The highest BCUT2D eigenvalue weighted by Crippen LogP contribution is 2.28. The van der Waals surface area contributed by atoms with Crippen LogP contribution < -0.4 is 0 Å². The van der Waals surface area contributed by atoms with Gasteiger partial charge in [0.25, 0.3) is 6.43 Å². The van der Waals surface area contributed by atoms with E-state index in [1.54, 1.807) is 0 Å². The van der Waals surface area contributed by atoms with Crippen LogP contribution in [0.1, 0.15) is 17.6 Å². The van der Waals surface area contributed by atoms with Crippen LogP contribution in [0.2, 0.25) is 0 Å². The number of aromatic nitrogens is 1. The maximum absolute atomic E-state index is 12.3. The SMILES string of the molecule is O=[N+]([O-])c1nccc(C(F)F)c1CCl. The number of nitrogens with zero attached hydrogens (tertiary/aromatic N) is 2. The van der Waals surface area contributed by atoms with Crippen molar-refractivity contribution in [3.8, 4) is 0 Å². The quantitative estimate of drug-likeness (QED) is 0.449. The van der Waals surface area contributed by atoms with Crippen LogP contribution in [0.25, 0.3) is 0 Å². The fourth-order valence-corrected chi connectivity index (χ4v) is 1.27. The summed E-state index contributed by atoms with van der Waals surface area (Å²) in [5.74, 6) is -0.970. The van der Waals surface area contributed by atoms with E-state index in [1.807, 2.05) is 0 Å². The Morgan fingerprint density at radius 1 is 1.64 bits per heavy atom. The molecule has 14 heavy (non-hydrogen) atoms. The number of rotatable bonds is 3. The molecule has 0 fully saturated rings. The average Bonchev–Trinajstić information content (AvgIpc) is 2.16. The van der Waals surface area contributed by atoms with E-state index in [9.17, 15) is 18.9 Å². The lowest BCUT2D eigenvalue weighted by Crippen LogP contribution is -2.01. The lowest BCUT2D eigenvalue weighted by atomic mass is 10.1. The molecule has 0 unspecified atom stereocenters. The van der Waals surface area contributed by atoms with Crippen molar-refractivity contribution in [1.29, 1.82) is 0 Å². The van der Waals surface area contributed by atoms with E-state index in [-0.39, 0.29) is 11.4 Å². The Kier molecular flexibility index (Phi) is 3.29. The number of alkyl halides is 3. The van der Waals surface area contributed by atoms with Crippen molar-refractivity contribution in [2.24, 2.45) is 0 Å². The molecule has 1 heterocycles. The highest BCUT2D eigenvalue weighted by atomic mass is 35.5. The van der Waals surface area contributed by atoms with E-state index < -0.39 is 22.7 Å². The van der Waals surface area contributed by atoms with Crippen LogP contribution in [0.4, 0.5) is 14.6 Å². The van der Waals surface area contributed by atoms with Crippen LogP contribution in [0.5, 0.6) is 0 Å². The maximum Gasteiger partial charge on any atom is 0.368 e. The standard InChI is InChI=1S/C7H5ClF2N2O2/c8-3-5-4(6(9)10)1-2-11-7(5)12(13)14/h1-2,6H,3H2. The predicted molar refractivity (Wildman–Crippen MR) is 45.4 cm³/mol. The lowest BCUT2D eigenvalue weighted by molar-refractivity contribution is -0.390. The smallest absolute Gasteiger partial charge is 0.358 e. The van der Waals surface area contributed by atoms with E-state index in [1.165, 1.54) is 0 Å². The van der Waals surface area contributed by atoms with Crippen molar-refractivity contribution in [3.05, 3.63) is 33.5 Å². The van der Waals surface area contributed by atoms with Crippen molar-refractivity contribution in [2.75, 3.05) is 0 Å². The second-order valence-electron chi connectivity index (χ2n) is 2.39. The molecule has 1 aromatic rings. The second-order valence-corrected chi connectivity index (χ2v) is 2.66. The topological polar surface area (TPSA) is 56.0 Å². The molecule has 0 aliphatic rings. The van der Waals surface area contributed by atoms with Gasteiger partial charge in [-0.05, 0) is 16.0 Å². The molecule has 0 aliphatic heterocycles. The Morgan fingerprint density at radius 3 is 2.71 bits per heavy atom. The van der Waals surface area contributed by atoms with Crippen LogP contribution in [-0.4, -0.2) is 9.91 Å². The summed E-state index contributed by atoms with van der Waals surface area (Å²) in [5, 5.41) is 10.4. The Labute approximate surface area is 82.7 Å². The van der Waals surface area contributed by atoms with Crippen LogP contribution in [0, 0.1) is 10.1 Å². The summed E-state index contributed by atoms with van der Waals surface area (Å²) in [6.45, 7) is 0. The van der Waals surface area contributed by atoms with E-state index >= 15 is 0 Å². The highest BCUT2D eigenvalue weighted by molar-refractivity contribution is 6.17. The van der Waals surface area contributed by atoms with Gasteiger partial charge in [0.2, 0.25) is 0 Å². The predicted octanol–water partition coefficient (Wildman–Crippen LogP) is 2.67. The third-order valence-electron chi connectivity index (χ3n) is 1.61. The summed E-state index contributed by atoms with van der Waals surface area (Å²) in [7, 11) is 0. The number of hydrogen-bond donors (Lipinski definition) is 0. The Balaban J connectivity index is 3.32. The van der Waals surface area contributed by atoms with Crippen LogP contribution in [0.15, 0.2) is 12.3 Å². The Hall–Kier alpha value is -1.30. The maximum atomic E-state index is 12.3. The van der Waals surface area contributed by atoms with Gasteiger partial charge in [-0.25, -0.2) is 8.78 Å². The number of nitro groups is 1. The van der Waals surface area contributed by atoms with Crippen molar-refractivity contribution >= 4 is 17.4 Å². The van der Waals surface area contributed by atoms with Gasteiger partial charge in [0, 0.05) is 5.56 Å². The number of pyridine rings is 1. The molecule has 0 N–H and O–H groups in total. The molecule has 0 spiro atoms. The molecule has 0 bridgehead atoms. The molecular formula is C7H5ClF2N2O2. The number of halogens is 3. The zero-order valence-electron chi connectivity index (χ0n) is 6.78. The third kappa shape index (κ3) is 1.95. The van der Waals surface area contributed by atoms with E-state index in [0.29, 0.717) is 0 Å². The summed E-state index contributed by atoms with van der Waals surface area (Å²) in [6, 6.07) is 1.02. The summed E-state index contributed by atoms with van der Waals surface area (Å²) in [6.07, 6.45) is -1.82. The van der Waals surface area contributed by atoms with Crippen LogP contribution in [0.3, 0.4) is 0 Å². The minimum Gasteiger partial charge on any atom is -0.358 e. The van der Waals surface area contributed by atoms with Gasteiger partial charge in [-0.3, -0.25) is 0 Å². The highest BCUT2D eigenvalue weighted by Gasteiger charge is 2.22. The van der Waals surface area contributed by atoms with Crippen molar-refractivity contribution in [3.63, 3.8) is 0 Å². The molecule has 76 valence electrons. The lowest BCUT2D eigenvalue weighted by Gasteiger charge is -2.04. The van der Waals surface area contributed by atoms with Gasteiger partial charge in [-0.1, -0.05) is 0 Å². The molecule has 7 heteroatoms. The van der Waals surface area contributed by atoms with Gasteiger partial charge in [0.15, 0.2) is 0 Å². The first-order chi connectivity index (χ1) is 6.57. The van der Waals surface area contributed by atoms with Crippen molar-refractivity contribution in [2.45, 2.75) is 12.3 Å². The molecule has 4 nitrogen and oxygen atoms in total. The summed E-state index contributed by atoms with van der Waals surface area (Å²) in [5.41, 5.74) is -0.670. The molecule has 1 aromatic heterocycles. The minimum absolute atomic E-state index is 0.228. The monoisotopic (exact) mass is 222 g/mol. The van der Waals surface area contributed by atoms with Gasteiger partial charge in [0.05, 0.1) is 11.4 Å². The van der Waals surface area contributed by atoms with Crippen molar-refractivity contribution in [1.82, 2.24) is 4.98 Å². The van der Waals surface area contributed by atoms with Gasteiger partial charge in [-0.15, -0.1) is 11.6 Å². The van der Waals surface area contributed by atoms with Gasteiger partial charge in [0.1, 0.15) is 6.20 Å². The fourth-order valence-electron chi connectivity index (χ4n) is 0.994. The Bertz CT molecular complexity index is 360. The van der Waals surface area contributed by atoms with E-state index in [2.05, 4.69) is 4.98 Å². The molecular weight excluding hydrogens is 218 g/mol. The van der Waals surface area contributed by atoms with Gasteiger partial charge in [-0.2, -0.15) is 0 Å². The first kappa shape index (κ1) is 10.8. The largest absolute Gasteiger partial charge is 0.368 e.